The van der Waals surface area contributed by atoms with Crippen molar-refractivity contribution in [3.8, 4) is 28.1 Å². The van der Waals surface area contributed by atoms with Gasteiger partial charge in [0.15, 0.2) is 0 Å². The van der Waals surface area contributed by atoms with Crippen LogP contribution in [0.1, 0.15) is 22.7 Å². The van der Waals surface area contributed by atoms with Crippen LogP contribution in [-0.4, -0.2) is 4.57 Å². The second-order valence-corrected chi connectivity index (χ2v) is 13.4. The lowest BCUT2D eigenvalue weighted by Gasteiger charge is -2.26. The van der Waals surface area contributed by atoms with Gasteiger partial charge < -0.3 is 14.3 Å². The Morgan fingerprint density at radius 3 is 1.92 bits per heavy atom. The van der Waals surface area contributed by atoms with Crippen LogP contribution in [-0.2, 0) is 0 Å². The highest BCUT2D eigenvalue weighted by molar-refractivity contribution is 6.20. The van der Waals surface area contributed by atoms with Crippen molar-refractivity contribution in [2.24, 2.45) is 0 Å². The van der Waals surface area contributed by atoms with Crippen molar-refractivity contribution in [3.05, 3.63) is 211 Å². The molecule has 10 rings (SSSR count). The number of benzene rings is 7. The Morgan fingerprint density at radius 2 is 1.15 bits per heavy atom. The first kappa shape index (κ1) is 30.0. The summed E-state index contributed by atoms with van der Waals surface area (Å²) in [6.45, 7) is 0. The number of furan rings is 1. The second-order valence-electron chi connectivity index (χ2n) is 13.4. The third kappa shape index (κ3) is 5.23. The van der Waals surface area contributed by atoms with Gasteiger partial charge in [0, 0.05) is 27.7 Å². The molecule has 0 saturated heterocycles. The van der Waals surface area contributed by atoms with Gasteiger partial charge in [0.1, 0.15) is 11.3 Å². The Bertz CT molecular complexity index is 2790. The standard InChI is InChI=1S/C49H34N2O/c1-4-13-33(14-5-1)34-23-25-35(26-24-34)40-30-43(36-15-6-2-7-16-36)50-44(31-40)38-19-12-20-41(29-38)51-45-22-11-10-21-42(45)48-46(51)28-27-39-32-47(52-49(39)48)37-17-8-3-9-18-37/h1-32,44,50H. The van der Waals surface area contributed by atoms with Crippen molar-refractivity contribution < 1.29 is 4.42 Å². The quantitative estimate of drug-likeness (QED) is 0.191. The Labute approximate surface area is 302 Å². The minimum absolute atomic E-state index is 0.0396. The summed E-state index contributed by atoms with van der Waals surface area (Å²) in [6.07, 6.45) is 4.63. The van der Waals surface area contributed by atoms with Crippen LogP contribution in [0.25, 0.3) is 72.2 Å². The summed E-state index contributed by atoms with van der Waals surface area (Å²) in [5.74, 6) is 0.880. The molecular formula is C49H34N2O. The second kappa shape index (κ2) is 12.5. The zero-order valence-corrected chi connectivity index (χ0v) is 28.4. The van der Waals surface area contributed by atoms with E-state index in [1.807, 2.05) is 6.07 Å². The fourth-order valence-electron chi connectivity index (χ4n) is 7.69. The summed E-state index contributed by atoms with van der Waals surface area (Å²) in [6, 6.07) is 64.5. The van der Waals surface area contributed by atoms with Crippen molar-refractivity contribution in [1.29, 1.82) is 0 Å². The average Bonchev–Trinajstić information content (AvgIpc) is 3.82. The average molecular weight is 667 g/mol. The van der Waals surface area contributed by atoms with Gasteiger partial charge in [0.05, 0.1) is 22.5 Å². The van der Waals surface area contributed by atoms with Gasteiger partial charge in [-0.25, -0.2) is 0 Å². The summed E-state index contributed by atoms with van der Waals surface area (Å²) in [4.78, 5) is 0. The molecule has 0 spiro atoms. The molecule has 1 aliphatic heterocycles. The number of nitrogens with zero attached hydrogens (tertiary/aromatic N) is 1. The smallest absolute Gasteiger partial charge is 0.144 e. The molecule has 3 heteroatoms. The van der Waals surface area contributed by atoms with Crippen LogP contribution in [0.15, 0.2) is 199 Å². The van der Waals surface area contributed by atoms with Crippen LogP contribution in [0.4, 0.5) is 0 Å². The fraction of sp³-hybridized carbons (Fsp3) is 0.0204. The van der Waals surface area contributed by atoms with E-state index in [1.54, 1.807) is 0 Å². The summed E-state index contributed by atoms with van der Waals surface area (Å²) < 4.78 is 9.02. The highest BCUT2D eigenvalue weighted by atomic mass is 16.3. The van der Waals surface area contributed by atoms with E-state index in [0.717, 1.165) is 55.7 Å². The first-order chi connectivity index (χ1) is 25.8. The molecule has 0 radical (unpaired) electrons. The van der Waals surface area contributed by atoms with Crippen molar-refractivity contribution in [2.45, 2.75) is 6.04 Å². The maximum Gasteiger partial charge on any atom is 0.144 e. The van der Waals surface area contributed by atoms with Crippen LogP contribution in [0.3, 0.4) is 0 Å². The molecule has 0 saturated carbocycles. The Morgan fingerprint density at radius 1 is 0.500 bits per heavy atom. The Hall–Kier alpha value is -6.84. The normalized spacial score (nSPS) is 14.3. The van der Waals surface area contributed by atoms with Crippen LogP contribution >= 0.6 is 0 Å². The molecular weight excluding hydrogens is 633 g/mol. The predicted octanol–water partition coefficient (Wildman–Crippen LogP) is 12.6. The summed E-state index contributed by atoms with van der Waals surface area (Å²) in [5.41, 5.74) is 13.6. The first-order valence-corrected chi connectivity index (χ1v) is 17.8. The maximum atomic E-state index is 6.65. The summed E-state index contributed by atoms with van der Waals surface area (Å²) in [5, 5.41) is 7.28. The topological polar surface area (TPSA) is 30.1 Å². The molecule has 7 aromatic carbocycles. The van der Waals surface area contributed by atoms with Crippen LogP contribution in [0, 0.1) is 0 Å². The highest BCUT2D eigenvalue weighted by Gasteiger charge is 2.21. The van der Waals surface area contributed by atoms with E-state index in [-0.39, 0.29) is 6.04 Å². The minimum atomic E-state index is -0.0396. The van der Waals surface area contributed by atoms with Gasteiger partial charge in [0.2, 0.25) is 0 Å². The predicted molar refractivity (Wildman–Crippen MR) is 216 cm³/mol. The molecule has 0 aliphatic carbocycles. The largest absolute Gasteiger partial charge is 0.455 e. The van der Waals surface area contributed by atoms with E-state index in [4.69, 9.17) is 4.42 Å². The van der Waals surface area contributed by atoms with Crippen LogP contribution in [0.5, 0.6) is 0 Å². The third-order valence-electron chi connectivity index (χ3n) is 10.2. The van der Waals surface area contributed by atoms with Gasteiger partial charge in [-0.15, -0.1) is 0 Å². The number of rotatable bonds is 6. The monoisotopic (exact) mass is 666 g/mol. The molecule has 9 aromatic rings. The Kier molecular flexibility index (Phi) is 7.21. The molecule has 1 unspecified atom stereocenters. The number of fused-ring (bicyclic) bond motifs is 5. The van der Waals surface area contributed by atoms with E-state index >= 15 is 0 Å². The van der Waals surface area contributed by atoms with Crippen LogP contribution in [0.2, 0.25) is 0 Å². The van der Waals surface area contributed by atoms with E-state index < -0.39 is 0 Å². The molecule has 52 heavy (non-hydrogen) atoms. The SMILES string of the molecule is C1=C(c2ccc(-c3ccccc3)cc2)C=C(c2ccccc2)NC1c1cccc(-n2c3ccccc3c3c4oc(-c5ccccc5)cc4ccc32)c1. The molecule has 246 valence electrons. The fourth-order valence-corrected chi connectivity index (χ4v) is 7.69. The van der Waals surface area contributed by atoms with E-state index in [2.05, 4.69) is 198 Å². The van der Waals surface area contributed by atoms with Crippen molar-refractivity contribution in [3.63, 3.8) is 0 Å². The number of hydrogen-bond donors (Lipinski definition) is 1. The maximum absolute atomic E-state index is 6.65. The van der Waals surface area contributed by atoms with Crippen molar-refractivity contribution >= 4 is 44.0 Å². The third-order valence-corrected chi connectivity index (χ3v) is 10.2. The molecule has 3 nitrogen and oxygen atoms in total. The molecule has 0 amide bonds. The van der Waals surface area contributed by atoms with Gasteiger partial charge >= 0.3 is 0 Å². The molecule has 1 atom stereocenters. The number of para-hydroxylation sites is 1. The Balaban J connectivity index is 1.09. The molecule has 1 aliphatic rings. The molecule has 3 heterocycles. The number of nitrogens with one attached hydrogen (secondary N) is 1. The van der Waals surface area contributed by atoms with Crippen molar-refractivity contribution in [1.82, 2.24) is 9.88 Å². The molecule has 0 fully saturated rings. The number of dihydropyridines is 1. The van der Waals surface area contributed by atoms with Crippen molar-refractivity contribution in [2.75, 3.05) is 0 Å². The number of aromatic nitrogens is 1. The molecule has 1 N–H and O–H groups in total. The van der Waals surface area contributed by atoms with E-state index in [0.29, 0.717) is 0 Å². The van der Waals surface area contributed by atoms with Gasteiger partial charge in [-0.05, 0) is 81.9 Å². The van der Waals surface area contributed by atoms with Gasteiger partial charge in [-0.3, -0.25) is 0 Å². The van der Waals surface area contributed by atoms with Gasteiger partial charge in [-0.1, -0.05) is 146 Å². The molecule has 2 aromatic heterocycles. The first-order valence-electron chi connectivity index (χ1n) is 17.8. The lowest BCUT2D eigenvalue weighted by molar-refractivity contribution is 0.635. The summed E-state index contributed by atoms with van der Waals surface area (Å²) >= 11 is 0. The number of allylic oxidation sites excluding steroid dienone is 2. The minimum Gasteiger partial charge on any atom is -0.455 e. The van der Waals surface area contributed by atoms with Crippen LogP contribution < -0.4 is 5.32 Å². The van der Waals surface area contributed by atoms with E-state index in [9.17, 15) is 0 Å². The summed E-state index contributed by atoms with van der Waals surface area (Å²) in [7, 11) is 0. The number of hydrogen-bond acceptors (Lipinski definition) is 2. The lowest BCUT2D eigenvalue weighted by atomic mass is 9.92. The van der Waals surface area contributed by atoms with Gasteiger partial charge in [-0.2, -0.15) is 0 Å². The zero-order chi connectivity index (χ0) is 34.4. The van der Waals surface area contributed by atoms with Gasteiger partial charge in [0.25, 0.3) is 0 Å². The zero-order valence-electron chi connectivity index (χ0n) is 28.4. The lowest BCUT2D eigenvalue weighted by Crippen LogP contribution is -2.22. The molecule has 0 bridgehead atoms. The highest BCUT2D eigenvalue weighted by Crippen LogP contribution is 2.40. The van der Waals surface area contributed by atoms with E-state index in [1.165, 1.54) is 33.2 Å².